The third kappa shape index (κ3) is 2.73. The van der Waals surface area contributed by atoms with Crippen LogP contribution in [0.5, 0.6) is 0 Å². The van der Waals surface area contributed by atoms with Gasteiger partial charge in [-0.2, -0.15) is 0 Å². The van der Waals surface area contributed by atoms with Crippen LogP contribution < -0.4 is 11.1 Å². The Kier molecular flexibility index (Phi) is 3.50. The highest BCUT2D eigenvalue weighted by Crippen LogP contribution is 2.43. The molecule has 1 heterocycles. The zero-order valence-corrected chi connectivity index (χ0v) is 13.1. The van der Waals surface area contributed by atoms with E-state index in [1.807, 2.05) is 0 Å². The zero-order valence-electron chi connectivity index (χ0n) is 12.3. The number of fused-ring (bicyclic) bond motifs is 2. The number of anilines is 1. The molecule has 4 rings (SSSR count). The highest BCUT2D eigenvalue weighted by molar-refractivity contribution is 7.13. The molecule has 21 heavy (non-hydrogen) atoms. The maximum Gasteiger partial charge on any atom is 0.229 e. The van der Waals surface area contributed by atoms with E-state index < -0.39 is 0 Å². The van der Waals surface area contributed by atoms with Gasteiger partial charge in [-0.25, -0.2) is 4.98 Å². The van der Waals surface area contributed by atoms with E-state index >= 15 is 0 Å². The molecule has 3 fully saturated rings. The minimum absolute atomic E-state index is 0.133. The molecular formula is C16H23N3OS. The quantitative estimate of drug-likeness (QED) is 0.901. The van der Waals surface area contributed by atoms with Crippen LogP contribution in [-0.2, 0) is 4.79 Å². The molecule has 3 saturated carbocycles. The van der Waals surface area contributed by atoms with Gasteiger partial charge in [0.25, 0.3) is 0 Å². The van der Waals surface area contributed by atoms with Gasteiger partial charge in [0.05, 0.1) is 5.69 Å². The summed E-state index contributed by atoms with van der Waals surface area (Å²) in [6.45, 7) is 0. The van der Waals surface area contributed by atoms with E-state index in [-0.39, 0.29) is 11.8 Å². The van der Waals surface area contributed by atoms with E-state index in [0.29, 0.717) is 23.8 Å². The normalized spacial score (nSPS) is 35.5. The summed E-state index contributed by atoms with van der Waals surface area (Å²) in [6.07, 6.45) is 8.11. The zero-order chi connectivity index (χ0) is 14.4. The van der Waals surface area contributed by atoms with Crippen LogP contribution in [0.3, 0.4) is 0 Å². The van der Waals surface area contributed by atoms with Gasteiger partial charge in [-0.05, 0) is 50.4 Å². The van der Waals surface area contributed by atoms with Crippen LogP contribution in [0.4, 0.5) is 5.13 Å². The van der Waals surface area contributed by atoms with Crippen molar-refractivity contribution in [2.45, 2.75) is 56.9 Å². The molecule has 114 valence electrons. The summed E-state index contributed by atoms with van der Waals surface area (Å²) >= 11 is 1.56. The van der Waals surface area contributed by atoms with E-state index in [9.17, 15) is 4.79 Å². The van der Waals surface area contributed by atoms with Crippen molar-refractivity contribution in [3.63, 3.8) is 0 Å². The van der Waals surface area contributed by atoms with E-state index in [2.05, 4.69) is 15.7 Å². The average molecular weight is 305 g/mol. The lowest BCUT2D eigenvalue weighted by Crippen LogP contribution is -2.48. The number of amides is 1. The Morgan fingerprint density at radius 3 is 2.62 bits per heavy atom. The first-order valence-electron chi connectivity index (χ1n) is 8.22. The van der Waals surface area contributed by atoms with Gasteiger partial charge in [0.1, 0.15) is 0 Å². The van der Waals surface area contributed by atoms with Gasteiger partial charge in [-0.1, -0.05) is 6.42 Å². The standard InChI is InChI=1S/C16H23N3OS/c17-14-10-2-1-3-11(14)7-12(6-10)15(20)19-16-18-13(8-21-16)9-4-5-9/h8-12,14H,1-7,17H2,(H,18,19,20). The number of hydrogen-bond donors (Lipinski definition) is 2. The molecule has 5 heteroatoms. The summed E-state index contributed by atoms with van der Waals surface area (Å²) in [5.41, 5.74) is 7.47. The summed E-state index contributed by atoms with van der Waals surface area (Å²) in [7, 11) is 0. The van der Waals surface area contributed by atoms with Crippen molar-refractivity contribution in [3.8, 4) is 0 Å². The lowest BCUT2D eigenvalue weighted by atomic mass is 9.65. The Morgan fingerprint density at radius 1 is 1.24 bits per heavy atom. The van der Waals surface area contributed by atoms with Gasteiger partial charge in [0.2, 0.25) is 5.91 Å². The average Bonchev–Trinajstić information content (AvgIpc) is 3.19. The number of nitrogens with two attached hydrogens (primary N) is 1. The third-order valence-electron chi connectivity index (χ3n) is 5.53. The van der Waals surface area contributed by atoms with E-state index in [1.54, 1.807) is 11.3 Å². The molecule has 3 aliphatic rings. The van der Waals surface area contributed by atoms with Crippen molar-refractivity contribution in [3.05, 3.63) is 11.1 Å². The Morgan fingerprint density at radius 2 is 1.95 bits per heavy atom. The van der Waals surface area contributed by atoms with Crippen LogP contribution >= 0.6 is 11.3 Å². The molecule has 0 aromatic carbocycles. The monoisotopic (exact) mass is 305 g/mol. The molecule has 2 bridgehead atoms. The van der Waals surface area contributed by atoms with Crippen LogP contribution in [0.1, 0.15) is 56.6 Å². The molecule has 3 N–H and O–H groups in total. The predicted molar refractivity (Wildman–Crippen MR) is 84.2 cm³/mol. The molecule has 0 saturated heterocycles. The Hall–Kier alpha value is -0.940. The fourth-order valence-corrected chi connectivity index (χ4v) is 4.92. The minimum atomic E-state index is 0.133. The van der Waals surface area contributed by atoms with E-state index in [0.717, 1.165) is 23.7 Å². The van der Waals surface area contributed by atoms with Crippen LogP contribution in [0.2, 0.25) is 0 Å². The molecule has 0 aliphatic heterocycles. The Balaban J connectivity index is 1.40. The van der Waals surface area contributed by atoms with Crippen molar-refractivity contribution < 1.29 is 4.79 Å². The lowest BCUT2D eigenvalue weighted by Gasteiger charge is -2.43. The van der Waals surface area contributed by atoms with Crippen LogP contribution in [0.25, 0.3) is 0 Å². The lowest BCUT2D eigenvalue weighted by molar-refractivity contribution is -0.122. The number of thiazole rings is 1. The first-order valence-corrected chi connectivity index (χ1v) is 9.10. The predicted octanol–water partition coefficient (Wildman–Crippen LogP) is 3.11. The van der Waals surface area contributed by atoms with E-state index in [1.165, 1.54) is 32.1 Å². The Bertz CT molecular complexity index is 525. The second kappa shape index (κ2) is 5.36. The number of rotatable bonds is 3. The third-order valence-corrected chi connectivity index (χ3v) is 6.31. The molecule has 2 atom stereocenters. The first-order chi connectivity index (χ1) is 10.2. The number of carbonyl (C=O) groups excluding carboxylic acids is 1. The summed E-state index contributed by atoms with van der Waals surface area (Å²) < 4.78 is 0. The molecule has 0 spiro atoms. The maximum atomic E-state index is 12.5. The smallest absolute Gasteiger partial charge is 0.229 e. The fourth-order valence-electron chi connectivity index (χ4n) is 4.12. The molecule has 0 radical (unpaired) electrons. The van der Waals surface area contributed by atoms with Gasteiger partial charge in [0, 0.05) is 23.3 Å². The highest BCUT2D eigenvalue weighted by atomic mass is 32.1. The topological polar surface area (TPSA) is 68.0 Å². The largest absolute Gasteiger partial charge is 0.327 e. The van der Waals surface area contributed by atoms with Crippen molar-refractivity contribution in [1.29, 1.82) is 0 Å². The maximum absolute atomic E-state index is 12.5. The van der Waals surface area contributed by atoms with Crippen LogP contribution in [0.15, 0.2) is 5.38 Å². The van der Waals surface area contributed by atoms with Crippen LogP contribution in [0, 0.1) is 17.8 Å². The molecule has 4 nitrogen and oxygen atoms in total. The SMILES string of the molecule is NC1C2CCCC1CC(C(=O)Nc1nc(C3CC3)cs1)C2. The number of hydrogen-bond acceptors (Lipinski definition) is 4. The number of carbonyl (C=O) groups is 1. The van der Waals surface area contributed by atoms with Crippen molar-refractivity contribution in [2.24, 2.45) is 23.5 Å². The van der Waals surface area contributed by atoms with Crippen molar-refractivity contribution in [2.75, 3.05) is 5.32 Å². The molecular weight excluding hydrogens is 282 g/mol. The summed E-state index contributed by atoms with van der Waals surface area (Å²) in [4.78, 5) is 17.1. The highest BCUT2D eigenvalue weighted by Gasteiger charge is 2.40. The summed E-state index contributed by atoms with van der Waals surface area (Å²) in [6, 6.07) is 0.323. The van der Waals surface area contributed by atoms with Crippen molar-refractivity contribution in [1.82, 2.24) is 4.98 Å². The summed E-state index contributed by atoms with van der Waals surface area (Å²) in [5, 5.41) is 5.92. The molecule has 3 aliphatic carbocycles. The second-order valence-corrected chi connectivity index (χ2v) is 7.90. The number of nitrogens with zero attached hydrogens (tertiary/aromatic N) is 1. The Labute approximate surface area is 129 Å². The number of nitrogens with one attached hydrogen (secondary N) is 1. The second-order valence-electron chi connectivity index (χ2n) is 7.04. The molecule has 1 aromatic rings. The van der Waals surface area contributed by atoms with Gasteiger partial charge in [-0.15, -0.1) is 11.3 Å². The molecule has 1 aromatic heterocycles. The van der Waals surface area contributed by atoms with E-state index in [4.69, 9.17) is 5.73 Å². The first kappa shape index (κ1) is 13.7. The van der Waals surface area contributed by atoms with Gasteiger partial charge >= 0.3 is 0 Å². The van der Waals surface area contributed by atoms with Crippen LogP contribution in [-0.4, -0.2) is 16.9 Å². The fraction of sp³-hybridized carbons (Fsp3) is 0.750. The van der Waals surface area contributed by atoms with Crippen molar-refractivity contribution >= 4 is 22.4 Å². The van der Waals surface area contributed by atoms with Gasteiger partial charge in [-0.3, -0.25) is 4.79 Å². The van der Waals surface area contributed by atoms with Gasteiger partial charge in [0.15, 0.2) is 5.13 Å². The minimum Gasteiger partial charge on any atom is -0.327 e. The molecule has 1 amide bonds. The van der Waals surface area contributed by atoms with Gasteiger partial charge < -0.3 is 11.1 Å². The molecule has 2 unspecified atom stereocenters. The summed E-state index contributed by atoms with van der Waals surface area (Å²) in [5.74, 6) is 2.04. The number of aromatic nitrogens is 1.